The Bertz CT molecular complexity index is 939. The summed E-state index contributed by atoms with van der Waals surface area (Å²) in [5, 5.41) is 12.5. The predicted octanol–water partition coefficient (Wildman–Crippen LogP) is 4.90. The fourth-order valence-electron chi connectivity index (χ4n) is 2.57. The number of oxazole rings is 1. The zero-order chi connectivity index (χ0) is 18.4. The number of hydrogen-bond acceptors (Lipinski definition) is 5. The number of para-hydroxylation sites is 1. The molecule has 0 radical (unpaired) electrons. The maximum Gasteiger partial charge on any atom is 0.233 e. The molecule has 0 spiro atoms. The quantitative estimate of drug-likeness (QED) is 0.688. The Morgan fingerprint density at radius 3 is 2.58 bits per heavy atom. The Morgan fingerprint density at radius 2 is 1.85 bits per heavy atom. The standard InChI is InChI=1S/C21H19N3O2/c1-15(16-8-4-3-5-9-16)23-21-18(14-22)24-20(26-21)13-12-17-10-6-7-11-19(17)25-2/h3-13,15,23H,1-2H3/b13-12+. The first kappa shape index (κ1) is 17.3. The molecule has 1 atom stereocenters. The molecule has 1 heterocycles. The lowest BCUT2D eigenvalue weighted by molar-refractivity contribution is 0.414. The average molecular weight is 345 g/mol. The highest BCUT2D eigenvalue weighted by atomic mass is 16.5. The molecule has 0 aliphatic heterocycles. The molecule has 5 nitrogen and oxygen atoms in total. The first-order valence-electron chi connectivity index (χ1n) is 8.24. The minimum Gasteiger partial charge on any atom is -0.496 e. The highest BCUT2D eigenvalue weighted by Crippen LogP contribution is 2.25. The van der Waals surface area contributed by atoms with Gasteiger partial charge in [0.15, 0.2) is 0 Å². The number of anilines is 1. The fourth-order valence-corrected chi connectivity index (χ4v) is 2.57. The van der Waals surface area contributed by atoms with Crippen LogP contribution < -0.4 is 10.1 Å². The van der Waals surface area contributed by atoms with Crippen molar-refractivity contribution in [3.8, 4) is 11.8 Å². The van der Waals surface area contributed by atoms with E-state index in [1.54, 1.807) is 13.2 Å². The monoisotopic (exact) mass is 345 g/mol. The minimum atomic E-state index is -0.0118. The van der Waals surface area contributed by atoms with Gasteiger partial charge in [-0.25, -0.2) is 0 Å². The summed E-state index contributed by atoms with van der Waals surface area (Å²) in [6, 6.07) is 19.6. The van der Waals surface area contributed by atoms with E-state index in [0.29, 0.717) is 11.8 Å². The average Bonchev–Trinajstić information content (AvgIpc) is 3.09. The molecule has 0 fully saturated rings. The zero-order valence-corrected chi connectivity index (χ0v) is 14.6. The Labute approximate surface area is 152 Å². The number of methoxy groups -OCH3 is 1. The summed E-state index contributed by atoms with van der Waals surface area (Å²) in [7, 11) is 1.62. The number of rotatable bonds is 6. The Hall–Kier alpha value is -3.52. The lowest BCUT2D eigenvalue weighted by Crippen LogP contribution is -2.06. The molecule has 0 saturated carbocycles. The third-order valence-electron chi connectivity index (χ3n) is 3.94. The van der Waals surface area contributed by atoms with Crippen molar-refractivity contribution in [2.75, 3.05) is 12.4 Å². The van der Waals surface area contributed by atoms with Gasteiger partial charge in [-0.2, -0.15) is 10.2 Å². The molecule has 0 saturated heterocycles. The number of nitrogens with one attached hydrogen (secondary N) is 1. The van der Waals surface area contributed by atoms with E-state index >= 15 is 0 Å². The number of hydrogen-bond donors (Lipinski definition) is 1. The van der Waals surface area contributed by atoms with Crippen molar-refractivity contribution in [3.63, 3.8) is 0 Å². The second kappa shape index (κ2) is 8.04. The van der Waals surface area contributed by atoms with Crippen LogP contribution in [0, 0.1) is 11.3 Å². The Balaban J connectivity index is 1.81. The van der Waals surface area contributed by atoms with Crippen molar-refractivity contribution in [1.82, 2.24) is 4.98 Å². The summed E-state index contributed by atoms with van der Waals surface area (Å²) in [5.74, 6) is 1.48. The van der Waals surface area contributed by atoms with Crippen molar-refractivity contribution in [3.05, 3.63) is 77.3 Å². The number of aromatic nitrogens is 1. The fraction of sp³-hybridized carbons (Fsp3) is 0.143. The van der Waals surface area contributed by atoms with E-state index in [4.69, 9.17) is 9.15 Å². The number of nitriles is 1. The molecule has 0 aliphatic carbocycles. The van der Waals surface area contributed by atoms with Crippen LogP contribution in [-0.4, -0.2) is 12.1 Å². The van der Waals surface area contributed by atoms with E-state index < -0.39 is 0 Å². The largest absolute Gasteiger partial charge is 0.496 e. The van der Waals surface area contributed by atoms with Crippen LogP contribution in [0.3, 0.4) is 0 Å². The van der Waals surface area contributed by atoms with E-state index in [2.05, 4.69) is 16.4 Å². The van der Waals surface area contributed by atoms with E-state index in [-0.39, 0.29) is 11.7 Å². The molecule has 3 aromatic rings. The van der Waals surface area contributed by atoms with Gasteiger partial charge < -0.3 is 14.5 Å². The third kappa shape index (κ3) is 3.93. The van der Waals surface area contributed by atoms with Crippen LogP contribution in [0.5, 0.6) is 5.75 Å². The smallest absolute Gasteiger partial charge is 0.233 e. The molecule has 1 unspecified atom stereocenters. The van der Waals surface area contributed by atoms with Crippen molar-refractivity contribution in [2.45, 2.75) is 13.0 Å². The van der Waals surface area contributed by atoms with Crippen LogP contribution in [0.4, 0.5) is 5.88 Å². The van der Waals surface area contributed by atoms with Crippen LogP contribution in [0.15, 0.2) is 59.0 Å². The topological polar surface area (TPSA) is 71.1 Å². The second-order valence-electron chi connectivity index (χ2n) is 5.69. The predicted molar refractivity (Wildman–Crippen MR) is 102 cm³/mol. The van der Waals surface area contributed by atoms with Crippen LogP contribution in [0.25, 0.3) is 12.2 Å². The molecular formula is C21H19N3O2. The number of nitrogens with zero attached hydrogens (tertiary/aromatic N) is 2. The second-order valence-corrected chi connectivity index (χ2v) is 5.69. The molecule has 1 aromatic heterocycles. The highest BCUT2D eigenvalue weighted by Gasteiger charge is 2.14. The van der Waals surface area contributed by atoms with E-state index in [9.17, 15) is 5.26 Å². The highest BCUT2D eigenvalue weighted by molar-refractivity contribution is 5.70. The lowest BCUT2D eigenvalue weighted by atomic mass is 10.1. The summed E-state index contributed by atoms with van der Waals surface area (Å²) < 4.78 is 11.0. The summed E-state index contributed by atoms with van der Waals surface area (Å²) in [4.78, 5) is 4.23. The van der Waals surface area contributed by atoms with Gasteiger partial charge in [-0.3, -0.25) is 0 Å². The summed E-state index contributed by atoms with van der Waals surface area (Å²) in [5.41, 5.74) is 2.23. The number of ether oxygens (including phenoxy) is 1. The minimum absolute atomic E-state index is 0.0118. The Kier molecular flexibility index (Phi) is 5.35. The summed E-state index contributed by atoms with van der Waals surface area (Å²) in [6.45, 7) is 2.00. The molecule has 0 amide bonds. The summed E-state index contributed by atoms with van der Waals surface area (Å²) >= 11 is 0. The van der Waals surface area contributed by atoms with Crippen molar-refractivity contribution < 1.29 is 9.15 Å². The van der Waals surface area contributed by atoms with E-state index in [1.165, 1.54) is 0 Å². The van der Waals surface area contributed by atoms with Crippen molar-refractivity contribution in [2.24, 2.45) is 0 Å². The molecular weight excluding hydrogens is 326 g/mol. The van der Waals surface area contributed by atoms with Gasteiger partial charge in [0.2, 0.25) is 17.5 Å². The van der Waals surface area contributed by atoms with Crippen LogP contribution >= 0.6 is 0 Å². The number of benzene rings is 2. The normalized spacial score (nSPS) is 11.9. The van der Waals surface area contributed by atoms with E-state index in [0.717, 1.165) is 16.9 Å². The van der Waals surface area contributed by atoms with Gasteiger partial charge in [-0.1, -0.05) is 48.5 Å². The summed E-state index contributed by atoms with van der Waals surface area (Å²) in [6.07, 6.45) is 3.56. The van der Waals surface area contributed by atoms with E-state index in [1.807, 2.05) is 67.6 Å². The van der Waals surface area contributed by atoms with Gasteiger partial charge in [0.1, 0.15) is 11.8 Å². The SMILES string of the molecule is COc1ccccc1/C=C/c1nc(C#N)c(NC(C)c2ccccc2)o1. The van der Waals surface area contributed by atoms with Gasteiger partial charge in [0.25, 0.3) is 0 Å². The first-order chi connectivity index (χ1) is 12.7. The molecule has 5 heteroatoms. The third-order valence-corrected chi connectivity index (χ3v) is 3.94. The van der Waals surface area contributed by atoms with Gasteiger partial charge in [-0.05, 0) is 24.6 Å². The van der Waals surface area contributed by atoms with Crippen LogP contribution in [-0.2, 0) is 0 Å². The van der Waals surface area contributed by atoms with Crippen LogP contribution in [0.2, 0.25) is 0 Å². The molecule has 130 valence electrons. The molecule has 26 heavy (non-hydrogen) atoms. The van der Waals surface area contributed by atoms with Gasteiger partial charge in [0, 0.05) is 11.6 Å². The Morgan fingerprint density at radius 1 is 1.12 bits per heavy atom. The maximum absolute atomic E-state index is 9.33. The maximum atomic E-state index is 9.33. The van der Waals surface area contributed by atoms with Gasteiger partial charge >= 0.3 is 0 Å². The lowest BCUT2D eigenvalue weighted by Gasteiger charge is -2.12. The molecule has 0 aliphatic rings. The van der Waals surface area contributed by atoms with Gasteiger partial charge in [-0.15, -0.1) is 0 Å². The molecule has 1 N–H and O–H groups in total. The zero-order valence-electron chi connectivity index (χ0n) is 14.6. The van der Waals surface area contributed by atoms with Crippen LogP contribution in [0.1, 0.15) is 35.7 Å². The van der Waals surface area contributed by atoms with Crippen molar-refractivity contribution >= 4 is 18.0 Å². The van der Waals surface area contributed by atoms with Gasteiger partial charge in [0.05, 0.1) is 13.2 Å². The van der Waals surface area contributed by atoms with Crippen molar-refractivity contribution in [1.29, 1.82) is 5.26 Å². The first-order valence-corrected chi connectivity index (χ1v) is 8.24. The molecule has 2 aromatic carbocycles. The molecule has 3 rings (SSSR count). The molecule has 0 bridgehead atoms.